The zero-order chi connectivity index (χ0) is 21.2. The number of aromatic nitrogens is 1. The molecule has 0 bridgehead atoms. The summed E-state index contributed by atoms with van der Waals surface area (Å²) in [5.41, 5.74) is -0.890. The van der Waals surface area contributed by atoms with Gasteiger partial charge in [0.15, 0.2) is 23.0 Å². The third-order valence-corrected chi connectivity index (χ3v) is 6.58. The van der Waals surface area contributed by atoms with Crippen molar-refractivity contribution >= 4 is 22.6 Å². The lowest BCUT2D eigenvalue weighted by Gasteiger charge is -2.25. The van der Waals surface area contributed by atoms with E-state index in [0.29, 0.717) is 31.8 Å². The van der Waals surface area contributed by atoms with Gasteiger partial charge < -0.3 is 29.7 Å². The fourth-order valence-electron chi connectivity index (χ4n) is 5.10. The summed E-state index contributed by atoms with van der Waals surface area (Å²) in [4.78, 5) is 26.6. The van der Waals surface area contributed by atoms with Crippen LogP contribution in [0.5, 0.6) is 11.5 Å². The number of carboxylic acid groups (broad SMARTS) is 1. The summed E-state index contributed by atoms with van der Waals surface area (Å²) in [7, 11) is 1.40. The second kappa shape index (κ2) is 6.87. The van der Waals surface area contributed by atoms with Crippen molar-refractivity contribution in [1.29, 1.82) is 0 Å². The first-order chi connectivity index (χ1) is 14.4. The molecule has 160 valence electrons. The van der Waals surface area contributed by atoms with E-state index in [1.54, 1.807) is 0 Å². The van der Waals surface area contributed by atoms with Crippen molar-refractivity contribution in [1.82, 2.24) is 9.88 Å². The largest absolute Gasteiger partial charge is 0.502 e. The lowest BCUT2D eigenvalue weighted by Crippen LogP contribution is -2.40. The topological polar surface area (TPSA) is 104 Å². The molecular weight excluding hydrogens is 393 g/mol. The number of pyridine rings is 1. The van der Waals surface area contributed by atoms with E-state index in [0.717, 1.165) is 25.5 Å². The minimum Gasteiger partial charge on any atom is -0.502 e. The molecule has 0 radical (unpaired) electrons. The summed E-state index contributed by atoms with van der Waals surface area (Å²) in [5.74, 6) is -2.33. The summed E-state index contributed by atoms with van der Waals surface area (Å²) in [6.07, 6.45) is 3.57. The predicted octanol–water partition coefficient (Wildman–Crippen LogP) is 2.08. The van der Waals surface area contributed by atoms with E-state index >= 15 is 4.39 Å². The fourth-order valence-corrected chi connectivity index (χ4v) is 5.10. The smallest absolute Gasteiger partial charge is 0.356 e. The number of anilines is 1. The van der Waals surface area contributed by atoms with Gasteiger partial charge in [-0.2, -0.15) is 0 Å². The molecule has 2 atom stereocenters. The molecule has 0 spiro atoms. The Morgan fingerprint density at radius 3 is 2.70 bits per heavy atom. The van der Waals surface area contributed by atoms with Crippen molar-refractivity contribution in [2.75, 3.05) is 31.6 Å². The highest BCUT2D eigenvalue weighted by Crippen LogP contribution is 2.46. The van der Waals surface area contributed by atoms with Crippen molar-refractivity contribution in [3.8, 4) is 11.5 Å². The van der Waals surface area contributed by atoms with E-state index in [1.807, 2.05) is 4.90 Å². The summed E-state index contributed by atoms with van der Waals surface area (Å²) >= 11 is 0. The van der Waals surface area contributed by atoms with E-state index in [-0.39, 0.29) is 34.4 Å². The number of hydrogen-bond acceptors (Lipinski definition) is 6. The number of carboxylic acids is 1. The molecule has 1 aromatic carbocycles. The number of benzene rings is 1. The van der Waals surface area contributed by atoms with Crippen molar-refractivity contribution in [2.45, 2.75) is 37.8 Å². The molecule has 30 heavy (non-hydrogen) atoms. The van der Waals surface area contributed by atoms with E-state index in [9.17, 15) is 19.8 Å². The minimum atomic E-state index is -1.40. The standard InChI is InChI=1S/C21H24FN3O5/c1-30-20-15-12(18(26)19(27)17(21(28)29)25(15)11-4-5-11)7-13(22)16(20)24-8-10-3-2-6-23-14(10)9-24/h7,10-11,14,23,27H,2-6,8-9H2,1H3,(H,28,29)/t10-,14+/m0/s1. The van der Waals surface area contributed by atoms with Crippen LogP contribution in [0.2, 0.25) is 0 Å². The van der Waals surface area contributed by atoms with Gasteiger partial charge in [0.1, 0.15) is 5.69 Å². The number of aromatic carboxylic acids is 1. The minimum absolute atomic E-state index is 0.0720. The Morgan fingerprint density at radius 2 is 2.07 bits per heavy atom. The number of methoxy groups -OCH3 is 1. The van der Waals surface area contributed by atoms with Gasteiger partial charge >= 0.3 is 5.97 Å². The molecule has 3 heterocycles. The van der Waals surface area contributed by atoms with Gasteiger partial charge in [0.2, 0.25) is 5.43 Å². The number of aromatic hydroxyl groups is 1. The maximum absolute atomic E-state index is 15.3. The lowest BCUT2D eigenvalue weighted by molar-refractivity contribution is 0.0680. The Morgan fingerprint density at radius 1 is 1.30 bits per heavy atom. The van der Waals surface area contributed by atoms with Gasteiger partial charge in [-0.05, 0) is 44.2 Å². The number of fused-ring (bicyclic) bond motifs is 2. The molecule has 2 aliphatic heterocycles. The van der Waals surface area contributed by atoms with E-state index in [4.69, 9.17) is 4.74 Å². The summed E-state index contributed by atoms with van der Waals surface area (Å²) in [5, 5.41) is 23.4. The summed E-state index contributed by atoms with van der Waals surface area (Å²) < 4.78 is 22.4. The number of piperidine rings is 1. The fraction of sp³-hybridized carbons (Fsp3) is 0.524. The van der Waals surface area contributed by atoms with Crippen LogP contribution in [-0.4, -0.2) is 53.5 Å². The first kappa shape index (κ1) is 19.2. The highest BCUT2D eigenvalue weighted by molar-refractivity contribution is 5.98. The van der Waals surface area contributed by atoms with Crippen molar-refractivity contribution in [3.05, 3.63) is 27.8 Å². The quantitative estimate of drug-likeness (QED) is 0.700. The molecule has 0 amide bonds. The first-order valence-corrected chi connectivity index (χ1v) is 10.3. The average molecular weight is 417 g/mol. The van der Waals surface area contributed by atoms with Crippen molar-refractivity contribution in [2.24, 2.45) is 5.92 Å². The Balaban J connectivity index is 1.78. The Hall–Kier alpha value is -2.81. The molecule has 1 aromatic heterocycles. The van der Waals surface area contributed by atoms with E-state index in [1.165, 1.54) is 11.7 Å². The van der Waals surface area contributed by atoms with Crippen LogP contribution in [0.15, 0.2) is 10.9 Å². The van der Waals surface area contributed by atoms with Crippen molar-refractivity contribution in [3.63, 3.8) is 0 Å². The molecule has 1 aliphatic carbocycles. The number of hydrogen-bond donors (Lipinski definition) is 3. The number of halogens is 1. The molecular formula is C21H24FN3O5. The number of nitrogens with one attached hydrogen (secondary N) is 1. The lowest BCUT2D eigenvalue weighted by atomic mass is 9.94. The second-order valence-corrected chi connectivity index (χ2v) is 8.44. The van der Waals surface area contributed by atoms with Gasteiger partial charge in [0.05, 0.1) is 18.0 Å². The van der Waals surface area contributed by atoms with Gasteiger partial charge in [-0.3, -0.25) is 4.79 Å². The Bertz CT molecular complexity index is 1100. The molecule has 8 nitrogen and oxygen atoms in total. The van der Waals surface area contributed by atoms with Crippen LogP contribution in [0.3, 0.4) is 0 Å². The predicted molar refractivity (Wildman–Crippen MR) is 108 cm³/mol. The van der Waals surface area contributed by atoms with E-state index < -0.39 is 28.7 Å². The zero-order valence-corrected chi connectivity index (χ0v) is 16.7. The maximum Gasteiger partial charge on any atom is 0.356 e. The molecule has 9 heteroatoms. The average Bonchev–Trinajstić information content (AvgIpc) is 3.47. The van der Waals surface area contributed by atoms with Crippen LogP contribution < -0.4 is 20.4 Å². The molecule has 2 aromatic rings. The van der Waals surface area contributed by atoms with Gasteiger partial charge in [-0.25, -0.2) is 9.18 Å². The molecule has 2 saturated heterocycles. The first-order valence-electron chi connectivity index (χ1n) is 10.3. The van der Waals surface area contributed by atoms with Crippen LogP contribution in [0.1, 0.15) is 42.2 Å². The number of nitrogens with zero attached hydrogens (tertiary/aromatic N) is 2. The third-order valence-electron chi connectivity index (χ3n) is 6.58. The van der Waals surface area contributed by atoms with Crippen LogP contribution >= 0.6 is 0 Å². The molecule has 1 saturated carbocycles. The Labute approximate surface area is 171 Å². The molecule has 5 rings (SSSR count). The monoisotopic (exact) mass is 417 g/mol. The molecule has 3 N–H and O–H groups in total. The van der Waals surface area contributed by atoms with Gasteiger partial charge in [-0.15, -0.1) is 0 Å². The van der Waals surface area contributed by atoms with Gasteiger partial charge in [0, 0.05) is 25.2 Å². The van der Waals surface area contributed by atoms with Gasteiger partial charge in [0.25, 0.3) is 0 Å². The molecule has 3 aliphatic rings. The normalized spacial score (nSPS) is 23.6. The van der Waals surface area contributed by atoms with Crippen LogP contribution in [0.25, 0.3) is 10.9 Å². The number of ether oxygens (including phenoxy) is 1. The molecule has 0 unspecified atom stereocenters. The second-order valence-electron chi connectivity index (χ2n) is 8.44. The van der Waals surface area contributed by atoms with Crippen LogP contribution in [-0.2, 0) is 0 Å². The summed E-state index contributed by atoms with van der Waals surface area (Å²) in [6.45, 7) is 2.21. The van der Waals surface area contributed by atoms with Crippen LogP contribution in [0.4, 0.5) is 10.1 Å². The SMILES string of the molecule is COc1c(N2C[C@@H]3CCCN[C@@H]3C2)c(F)cc2c(=O)c(O)c(C(=O)O)n(C3CC3)c12. The highest BCUT2D eigenvalue weighted by Gasteiger charge is 2.39. The summed E-state index contributed by atoms with van der Waals surface area (Å²) in [6, 6.07) is 1.19. The maximum atomic E-state index is 15.3. The highest BCUT2D eigenvalue weighted by atomic mass is 19.1. The van der Waals surface area contributed by atoms with Gasteiger partial charge in [-0.1, -0.05) is 0 Å². The number of rotatable bonds is 4. The zero-order valence-electron chi connectivity index (χ0n) is 16.7. The molecule has 3 fully saturated rings. The van der Waals surface area contributed by atoms with Crippen molar-refractivity contribution < 1.29 is 24.1 Å². The Kier molecular flexibility index (Phi) is 4.39. The third kappa shape index (κ3) is 2.75. The van der Waals surface area contributed by atoms with Crippen LogP contribution in [0, 0.1) is 11.7 Å². The number of carbonyl (C=O) groups is 1. The van der Waals surface area contributed by atoms with E-state index in [2.05, 4.69) is 5.32 Å².